The van der Waals surface area contributed by atoms with Crippen LogP contribution in [0.15, 0.2) is 65.8 Å². The summed E-state index contributed by atoms with van der Waals surface area (Å²) in [7, 11) is 0. The fourth-order valence-corrected chi connectivity index (χ4v) is 17.2. The molecule has 6 aliphatic carbocycles. The molecule has 4 saturated carbocycles. The Balaban J connectivity index is 0.996. The van der Waals surface area contributed by atoms with Crippen molar-refractivity contribution in [1.82, 2.24) is 10.2 Å². The minimum Gasteiger partial charge on any atom is -0.465 e. The summed E-state index contributed by atoms with van der Waals surface area (Å²) >= 11 is 1.87. The van der Waals surface area contributed by atoms with Crippen molar-refractivity contribution < 1.29 is 23.5 Å². The van der Waals surface area contributed by atoms with Crippen LogP contribution in [0.5, 0.6) is 0 Å². The summed E-state index contributed by atoms with van der Waals surface area (Å²) in [6.45, 7) is 24.9. The van der Waals surface area contributed by atoms with Crippen molar-refractivity contribution in [3.63, 3.8) is 0 Å². The van der Waals surface area contributed by atoms with Crippen LogP contribution in [0.4, 0.5) is 4.39 Å². The maximum Gasteiger partial charge on any atom is 0.324 e. The summed E-state index contributed by atoms with van der Waals surface area (Å²) in [6.07, 6.45) is 18.3. The van der Waals surface area contributed by atoms with Crippen molar-refractivity contribution in [3.8, 4) is 0 Å². The Morgan fingerprint density at radius 3 is 2.42 bits per heavy atom. The third kappa shape index (κ3) is 7.71. The molecule has 342 valence electrons. The van der Waals surface area contributed by atoms with Gasteiger partial charge in [-0.25, -0.2) is 0 Å². The lowest BCUT2D eigenvalue weighted by Crippen LogP contribution is -2.68. The molecular formula is C54H79FN2O4S. The number of nitrogens with zero attached hydrogens (tertiary/aromatic N) is 1. The fourth-order valence-electron chi connectivity index (χ4n) is 16.1. The minimum atomic E-state index is -0.795. The first-order chi connectivity index (χ1) is 29.6. The topological polar surface area (TPSA) is 67.9 Å². The van der Waals surface area contributed by atoms with Crippen LogP contribution in [0.1, 0.15) is 138 Å². The molecule has 0 radical (unpaired) electrons. The molecule has 0 bridgehead atoms. The highest BCUT2D eigenvalue weighted by molar-refractivity contribution is 7.99. The van der Waals surface area contributed by atoms with Crippen LogP contribution in [-0.4, -0.2) is 72.8 Å². The minimum absolute atomic E-state index is 0.00723. The van der Waals surface area contributed by atoms with E-state index in [1.54, 1.807) is 0 Å². The van der Waals surface area contributed by atoms with Crippen molar-refractivity contribution in [1.29, 1.82) is 0 Å². The lowest BCUT2D eigenvalue weighted by Gasteiger charge is -2.72. The van der Waals surface area contributed by atoms with Gasteiger partial charge in [0, 0.05) is 36.7 Å². The Morgan fingerprint density at radius 2 is 1.71 bits per heavy atom. The van der Waals surface area contributed by atoms with Gasteiger partial charge in [0.1, 0.15) is 12.6 Å². The van der Waals surface area contributed by atoms with Crippen molar-refractivity contribution in [3.05, 3.63) is 71.3 Å². The number of carbonyl (C=O) groups is 2. The van der Waals surface area contributed by atoms with Crippen molar-refractivity contribution in [2.75, 3.05) is 44.4 Å². The zero-order valence-corrected chi connectivity index (χ0v) is 40.2. The molecule has 11 atom stereocenters. The molecule has 62 heavy (non-hydrogen) atoms. The van der Waals surface area contributed by atoms with Crippen LogP contribution in [-0.2, 0) is 25.7 Å². The maximum absolute atomic E-state index is 14.1. The first kappa shape index (κ1) is 46.1. The highest BCUT2D eigenvalue weighted by atomic mass is 32.2. The molecule has 1 aliphatic heterocycles. The number of halogens is 1. The Kier molecular flexibility index (Phi) is 13.2. The normalized spacial score (nSPS) is 40.1. The molecule has 0 amide bonds. The largest absolute Gasteiger partial charge is 0.465 e. The molecule has 1 aromatic rings. The van der Waals surface area contributed by atoms with E-state index in [1.165, 1.54) is 68.1 Å². The predicted molar refractivity (Wildman–Crippen MR) is 251 cm³/mol. The van der Waals surface area contributed by atoms with E-state index in [0.29, 0.717) is 49.0 Å². The Morgan fingerprint density at radius 1 is 0.919 bits per heavy atom. The van der Waals surface area contributed by atoms with Crippen LogP contribution >= 0.6 is 11.8 Å². The number of hydrogen-bond donors (Lipinski definition) is 1. The molecule has 8 rings (SSSR count). The Hall–Kier alpha value is -2.42. The van der Waals surface area contributed by atoms with Crippen LogP contribution in [0, 0.1) is 56.7 Å². The lowest BCUT2D eigenvalue weighted by atomic mass is 9.33. The summed E-state index contributed by atoms with van der Waals surface area (Å²) in [4.78, 5) is 29.0. The first-order valence-electron chi connectivity index (χ1n) is 24.7. The number of hydrogen-bond acceptors (Lipinski definition) is 7. The number of carbonyl (C=O) groups excluding carboxylic acids is 2. The zero-order valence-electron chi connectivity index (χ0n) is 39.4. The number of esters is 2. The number of ether oxygens (including phenoxy) is 2. The van der Waals surface area contributed by atoms with E-state index in [0.717, 1.165) is 49.5 Å². The summed E-state index contributed by atoms with van der Waals surface area (Å²) in [5, 5.41) is 4.29. The van der Waals surface area contributed by atoms with Crippen LogP contribution in [0.25, 0.3) is 0 Å². The second-order valence-electron chi connectivity index (χ2n) is 22.4. The van der Waals surface area contributed by atoms with Gasteiger partial charge in [-0.2, -0.15) is 11.8 Å². The van der Waals surface area contributed by atoms with Crippen LogP contribution in [0.3, 0.4) is 0 Å². The summed E-state index contributed by atoms with van der Waals surface area (Å²) < 4.78 is 25.5. The molecular weight excluding hydrogens is 792 g/mol. The molecule has 1 unspecified atom stereocenters. The molecule has 0 aromatic heterocycles. The molecule has 5 fully saturated rings. The number of fused-ring (bicyclic) bond motifs is 7. The van der Waals surface area contributed by atoms with Gasteiger partial charge in [0.25, 0.3) is 0 Å². The number of alkyl halides is 1. The standard InChI is InChI=1S/C54H79FN2O4S/c1-9-60-47(58)43-36-62-34-33-57(43)32-31-56-54-26-19-40(37(2)3)46(54)42-15-16-45-50(6)22-20-41(49(4,5)44(50)21-23-52(45,8)51(42,7)27-28-54)39-17-24-53(25-18-39,29-30-55)48(59)61-35-38-13-11-10-12-14-38/h10-14,17,20,40,42-46,56H,2,9,15-16,18-19,21-36H2,1,3-8H3/t40-,42+,43?,44-,45+,46+,50-,51+,52+,53+,54-/m0/s1. The monoisotopic (exact) mass is 871 g/mol. The third-order valence-corrected chi connectivity index (χ3v) is 20.5. The van der Waals surface area contributed by atoms with Gasteiger partial charge in [-0.1, -0.05) is 89.3 Å². The first-order valence-corrected chi connectivity index (χ1v) is 25.8. The SMILES string of the molecule is C=C(C)[C@@H]1CC[C@]2(NCCN3CCSCC3C(=O)OCC)CC[C@]3(C)[C@H](CC[C@@H]4[C@@]5(C)CC=C(C6=CC[C@@](CCF)(C(=O)OCc7ccccc7)CC6)C(C)(C)[C@@H]5CC[C@]43C)[C@@H]12. The van der Waals surface area contributed by atoms with E-state index < -0.39 is 12.1 Å². The van der Waals surface area contributed by atoms with Crippen molar-refractivity contribution >= 4 is 23.7 Å². The third-order valence-electron chi connectivity index (χ3n) is 19.5. The molecule has 8 heteroatoms. The Bertz CT molecular complexity index is 1900. The quantitative estimate of drug-likeness (QED) is 0.156. The van der Waals surface area contributed by atoms with E-state index >= 15 is 0 Å². The summed E-state index contributed by atoms with van der Waals surface area (Å²) in [5.41, 5.74) is 5.25. The predicted octanol–water partition coefficient (Wildman–Crippen LogP) is 11.7. The van der Waals surface area contributed by atoms with Crippen LogP contribution < -0.4 is 5.32 Å². The second-order valence-corrected chi connectivity index (χ2v) is 23.6. The molecule has 7 aliphatic rings. The highest BCUT2D eigenvalue weighted by Gasteiger charge is 2.70. The van der Waals surface area contributed by atoms with Gasteiger partial charge in [0.05, 0.1) is 18.7 Å². The number of allylic oxidation sites excluding steroid dienone is 5. The Labute approximate surface area is 378 Å². The molecule has 0 spiro atoms. The molecule has 6 nitrogen and oxygen atoms in total. The number of benzene rings is 1. The average Bonchev–Trinajstić information content (AvgIpc) is 3.64. The maximum atomic E-state index is 14.1. The van der Waals surface area contributed by atoms with Gasteiger partial charge in [-0.05, 0) is 165 Å². The number of thioether (sulfide) groups is 1. The van der Waals surface area contributed by atoms with Gasteiger partial charge < -0.3 is 14.8 Å². The summed E-state index contributed by atoms with van der Waals surface area (Å²) in [5.74, 6) is 4.62. The van der Waals surface area contributed by atoms with Crippen molar-refractivity contribution in [2.24, 2.45) is 56.7 Å². The van der Waals surface area contributed by atoms with Gasteiger partial charge in [-0.3, -0.25) is 18.9 Å². The zero-order chi connectivity index (χ0) is 44.1. The van der Waals surface area contributed by atoms with Gasteiger partial charge in [0.15, 0.2) is 0 Å². The highest BCUT2D eigenvalue weighted by Crippen LogP contribution is 2.76. The fraction of sp³-hybridized carbons (Fsp3) is 0.741. The van der Waals surface area contributed by atoms with Gasteiger partial charge in [-0.15, -0.1) is 0 Å². The van der Waals surface area contributed by atoms with E-state index in [9.17, 15) is 14.0 Å². The van der Waals surface area contributed by atoms with Crippen LogP contribution in [0.2, 0.25) is 0 Å². The van der Waals surface area contributed by atoms with E-state index in [4.69, 9.17) is 9.47 Å². The second kappa shape index (κ2) is 17.8. The number of nitrogens with one attached hydrogen (secondary N) is 1. The smallest absolute Gasteiger partial charge is 0.324 e. The average molecular weight is 871 g/mol. The van der Waals surface area contributed by atoms with Crippen molar-refractivity contribution in [2.45, 2.75) is 150 Å². The van der Waals surface area contributed by atoms with Gasteiger partial charge in [0.2, 0.25) is 0 Å². The van der Waals surface area contributed by atoms with E-state index in [1.807, 2.05) is 49.0 Å². The van der Waals surface area contributed by atoms with E-state index in [-0.39, 0.29) is 58.2 Å². The summed E-state index contributed by atoms with van der Waals surface area (Å²) in [6, 6.07) is 9.66. The van der Waals surface area contributed by atoms with Gasteiger partial charge >= 0.3 is 11.9 Å². The number of rotatable bonds is 13. The molecule has 1 saturated heterocycles. The van der Waals surface area contributed by atoms with E-state index in [2.05, 4.69) is 70.5 Å². The lowest BCUT2D eigenvalue weighted by molar-refractivity contribution is -0.221. The molecule has 1 heterocycles. The molecule has 1 N–H and O–H groups in total. The molecule has 1 aromatic carbocycles.